The minimum Gasteiger partial charge on any atom is -0.354 e. The molecule has 2 unspecified atom stereocenters. The standard InChI is InChI=1S/C18H34N6O.HI/c1-9-12(2)20-18(19-11-17(25)23(6)7)21-13(3)10-16-14(4)22-24(8)15(16)5;/h12-13H,9-11H2,1-8H3,(H2,19,20,21);1H. The highest BCUT2D eigenvalue weighted by molar-refractivity contribution is 14.0. The molecule has 1 heterocycles. The largest absolute Gasteiger partial charge is 0.354 e. The van der Waals surface area contributed by atoms with Crippen LogP contribution in [0.1, 0.15) is 44.1 Å². The Balaban J connectivity index is 0.00000625. The highest BCUT2D eigenvalue weighted by atomic mass is 127. The monoisotopic (exact) mass is 478 g/mol. The maximum Gasteiger partial charge on any atom is 0.243 e. The van der Waals surface area contributed by atoms with Gasteiger partial charge in [0.05, 0.1) is 5.69 Å². The third-order valence-electron chi connectivity index (χ3n) is 4.42. The van der Waals surface area contributed by atoms with E-state index in [4.69, 9.17) is 0 Å². The Morgan fingerprint density at radius 2 is 1.81 bits per heavy atom. The van der Waals surface area contributed by atoms with Crippen molar-refractivity contribution in [1.82, 2.24) is 25.3 Å². The van der Waals surface area contributed by atoms with Gasteiger partial charge in [-0.05, 0) is 46.1 Å². The summed E-state index contributed by atoms with van der Waals surface area (Å²) in [6.07, 6.45) is 1.84. The third kappa shape index (κ3) is 7.51. The number of likely N-dealkylation sites (N-methyl/N-ethyl adjacent to an activating group) is 1. The van der Waals surface area contributed by atoms with E-state index < -0.39 is 0 Å². The minimum atomic E-state index is -0.0168. The number of aromatic nitrogens is 2. The van der Waals surface area contributed by atoms with Crippen LogP contribution in [0.25, 0.3) is 0 Å². The van der Waals surface area contributed by atoms with Crippen LogP contribution < -0.4 is 10.6 Å². The van der Waals surface area contributed by atoms with Gasteiger partial charge in [0.15, 0.2) is 5.96 Å². The number of hydrogen-bond acceptors (Lipinski definition) is 3. The van der Waals surface area contributed by atoms with Gasteiger partial charge in [0, 0.05) is 38.9 Å². The summed E-state index contributed by atoms with van der Waals surface area (Å²) in [6, 6.07) is 0.459. The fourth-order valence-corrected chi connectivity index (χ4v) is 2.46. The molecule has 0 saturated carbocycles. The third-order valence-corrected chi connectivity index (χ3v) is 4.42. The van der Waals surface area contributed by atoms with Crippen LogP contribution in [0.2, 0.25) is 0 Å². The fourth-order valence-electron chi connectivity index (χ4n) is 2.46. The normalized spacial score (nSPS) is 13.6. The molecule has 0 aliphatic heterocycles. The van der Waals surface area contributed by atoms with Gasteiger partial charge in [0.25, 0.3) is 0 Å². The highest BCUT2D eigenvalue weighted by Crippen LogP contribution is 2.14. The first-order valence-electron chi connectivity index (χ1n) is 8.92. The maximum absolute atomic E-state index is 11.8. The predicted octanol–water partition coefficient (Wildman–Crippen LogP) is 2.01. The molecule has 1 aromatic rings. The number of rotatable bonds is 7. The molecule has 0 aromatic carbocycles. The molecule has 0 radical (unpaired) electrons. The molecule has 2 atom stereocenters. The predicted molar refractivity (Wildman–Crippen MR) is 118 cm³/mol. The van der Waals surface area contributed by atoms with Crippen LogP contribution in [-0.2, 0) is 18.3 Å². The lowest BCUT2D eigenvalue weighted by molar-refractivity contribution is -0.127. The Morgan fingerprint density at radius 1 is 1.23 bits per heavy atom. The van der Waals surface area contributed by atoms with Gasteiger partial charge in [-0.2, -0.15) is 5.10 Å². The topological polar surface area (TPSA) is 74.6 Å². The minimum absolute atomic E-state index is 0. The van der Waals surface area contributed by atoms with E-state index in [0.717, 1.165) is 18.5 Å². The number of nitrogens with one attached hydrogen (secondary N) is 2. The number of aliphatic imine (C=N–C) groups is 1. The molecule has 2 N–H and O–H groups in total. The number of hydrogen-bond donors (Lipinski definition) is 2. The fraction of sp³-hybridized carbons (Fsp3) is 0.722. The molecule has 8 heteroatoms. The first kappa shape index (κ1) is 24.7. The van der Waals surface area contributed by atoms with Crippen LogP contribution in [-0.4, -0.2) is 59.3 Å². The Morgan fingerprint density at radius 3 is 2.27 bits per heavy atom. The summed E-state index contributed by atoms with van der Waals surface area (Å²) in [7, 11) is 5.45. The smallest absolute Gasteiger partial charge is 0.243 e. The lowest BCUT2D eigenvalue weighted by atomic mass is 10.1. The van der Waals surface area contributed by atoms with E-state index in [0.29, 0.717) is 5.96 Å². The Kier molecular flexibility index (Phi) is 10.8. The van der Waals surface area contributed by atoms with E-state index in [2.05, 4.69) is 48.4 Å². The van der Waals surface area contributed by atoms with E-state index >= 15 is 0 Å². The number of carbonyl (C=O) groups excluding carboxylic acids is 1. The van der Waals surface area contributed by atoms with Crippen molar-refractivity contribution in [2.45, 2.75) is 59.5 Å². The number of aryl methyl sites for hydroxylation is 2. The van der Waals surface area contributed by atoms with E-state index in [1.807, 2.05) is 18.7 Å². The molecule has 0 spiro atoms. The van der Waals surface area contributed by atoms with Gasteiger partial charge in [-0.15, -0.1) is 24.0 Å². The average Bonchev–Trinajstić information content (AvgIpc) is 2.78. The Labute approximate surface area is 175 Å². The molecule has 7 nitrogen and oxygen atoms in total. The number of nitrogens with zero attached hydrogens (tertiary/aromatic N) is 4. The van der Waals surface area contributed by atoms with E-state index in [9.17, 15) is 4.79 Å². The molecule has 26 heavy (non-hydrogen) atoms. The summed E-state index contributed by atoms with van der Waals surface area (Å²) in [5.74, 6) is 0.660. The van der Waals surface area contributed by atoms with Crippen molar-refractivity contribution in [2.24, 2.45) is 12.0 Å². The van der Waals surface area contributed by atoms with Gasteiger partial charge in [0.1, 0.15) is 6.54 Å². The van der Waals surface area contributed by atoms with Crippen molar-refractivity contribution in [3.63, 3.8) is 0 Å². The Bertz CT molecular complexity index is 611. The first-order chi connectivity index (χ1) is 11.6. The molecular weight excluding hydrogens is 443 g/mol. The van der Waals surface area contributed by atoms with Crippen LogP contribution in [0, 0.1) is 13.8 Å². The second-order valence-corrected chi connectivity index (χ2v) is 6.93. The van der Waals surface area contributed by atoms with Gasteiger partial charge >= 0.3 is 0 Å². The van der Waals surface area contributed by atoms with Gasteiger partial charge in [0.2, 0.25) is 5.91 Å². The van der Waals surface area contributed by atoms with Crippen LogP contribution >= 0.6 is 24.0 Å². The highest BCUT2D eigenvalue weighted by Gasteiger charge is 2.15. The SMILES string of the molecule is CCC(C)NC(=NCC(=O)N(C)C)NC(C)Cc1c(C)nn(C)c1C.I. The molecule has 1 amide bonds. The molecule has 1 aromatic heterocycles. The van der Waals surface area contributed by atoms with Gasteiger partial charge in [-0.3, -0.25) is 9.48 Å². The van der Waals surface area contributed by atoms with Gasteiger partial charge < -0.3 is 15.5 Å². The number of guanidine groups is 1. The number of amides is 1. The Hall–Kier alpha value is -1.32. The van der Waals surface area contributed by atoms with Gasteiger partial charge in [-0.25, -0.2) is 4.99 Å². The van der Waals surface area contributed by atoms with Crippen LogP contribution in [0.3, 0.4) is 0 Å². The summed E-state index contributed by atoms with van der Waals surface area (Å²) >= 11 is 0. The second-order valence-electron chi connectivity index (χ2n) is 6.93. The molecule has 0 aliphatic carbocycles. The number of halogens is 1. The lowest BCUT2D eigenvalue weighted by Crippen LogP contribution is -2.46. The lowest BCUT2D eigenvalue weighted by Gasteiger charge is -2.21. The van der Waals surface area contributed by atoms with Crippen molar-refractivity contribution in [2.75, 3.05) is 20.6 Å². The zero-order valence-electron chi connectivity index (χ0n) is 17.4. The van der Waals surface area contributed by atoms with Crippen LogP contribution in [0.15, 0.2) is 4.99 Å². The molecule has 0 fully saturated rings. The first-order valence-corrected chi connectivity index (χ1v) is 8.92. The molecular formula is C18H35IN6O. The maximum atomic E-state index is 11.8. The molecule has 150 valence electrons. The summed E-state index contributed by atoms with van der Waals surface area (Å²) in [5, 5.41) is 11.3. The van der Waals surface area contributed by atoms with E-state index in [1.165, 1.54) is 11.3 Å². The summed E-state index contributed by atoms with van der Waals surface area (Å²) < 4.78 is 1.92. The second kappa shape index (κ2) is 11.4. The van der Waals surface area contributed by atoms with E-state index in [1.54, 1.807) is 19.0 Å². The molecule has 0 aliphatic rings. The molecule has 1 rings (SSSR count). The van der Waals surface area contributed by atoms with Crippen LogP contribution in [0.5, 0.6) is 0 Å². The summed E-state index contributed by atoms with van der Waals surface area (Å²) in [5.41, 5.74) is 3.50. The van der Waals surface area contributed by atoms with E-state index in [-0.39, 0.29) is 48.5 Å². The molecule has 0 saturated heterocycles. The van der Waals surface area contributed by atoms with Crippen LogP contribution in [0.4, 0.5) is 0 Å². The van der Waals surface area contributed by atoms with Crippen molar-refractivity contribution in [1.29, 1.82) is 0 Å². The zero-order valence-corrected chi connectivity index (χ0v) is 19.7. The summed E-state index contributed by atoms with van der Waals surface area (Å²) in [4.78, 5) is 17.8. The van der Waals surface area contributed by atoms with Crippen molar-refractivity contribution in [3.05, 3.63) is 17.0 Å². The van der Waals surface area contributed by atoms with Gasteiger partial charge in [-0.1, -0.05) is 6.92 Å². The zero-order chi connectivity index (χ0) is 19.1. The van der Waals surface area contributed by atoms with Crippen molar-refractivity contribution in [3.8, 4) is 0 Å². The average molecular weight is 478 g/mol. The number of carbonyl (C=O) groups is 1. The summed E-state index contributed by atoms with van der Waals surface area (Å²) in [6.45, 7) is 10.6. The van der Waals surface area contributed by atoms with Crippen molar-refractivity contribution < 1.29 is 4.79 Å². The van der Waals surface area contributed by atoms with Crippen molar-refractivity contribution >= 4 is 35.8 Å². The molecule has 0 bridgehead atoms. The quantitative estimate of drug-likeness (QED) is 0.357.